The smallest absolute Gasteiger partial charge is 0.247 e. The van der Waals surface area contributed by atoms with Gasteiger partial charge >= 0.3 is 0 Å². The average Bonchev–Trinajstić information content (AvgIpc) is 2.79. The number of rotatable bonds is 3. The molecule has 0 amide bonds. The molecule has 0 saturated carbocycles. The van der Waals surface area contributed by atoms with Crippen LogP contribution >= 0.6 is 0 Å². The van der Waals surface area contributed by atoms with Crippen molar-refractivity contribution >= 4 is 15.8 Å². The molecule has 0 N–H and O–H groups in total. The molecule has 9 heteroatoms. The minimum absolute atomic E-state index is 0.107. The van der Waals surface area contributed by atoms with Crippen molar-refractivity contribution in [1.29, 1.82) is 0 Å². The summed E-state index contributed by atoms with van der Waals surface area (Å²) in [6.45, 7) is 3.86. The maximum atomic E-state index is 11.7. The number of allylic oxidation sites excluding steroid dienone is 5. The van der Waals surface area contributed by atoms with Crippen molar-refractivity contribution in [3.8, 4) is 0 Å². The molecule has 1 spiro atoms. The van der Waals surface area contributed by atoms with Gasteiger partial charge in [-0.3, -0.25) is 10.1 Å². The van der Waals surface area contributed by atoms with Crippen LogP contribution in [0.5, 0.6) is 0 Å². The molecule has 1 unspecified atom stereocenters. The molecular weight excluding hydrogens is 384 g/mol. The van der Waals surface area contributed by atoms with Gasteiger partial charge in [-0.25, -0.2) is 8.42 Å². The van der Waals surface area contributed by atoms with Crippen LogP contribution in [0.15, 0.2) is 59.5 Å². The number of fused-ring (bicyclic) bond motifs is 1. The van der Waals surface area contributed by atoms with Crippen LogP contribution in [0.4, 0.5) is 5.69 Å². The second kappa shape index (κ2) is 5.92. The molecule has 148 valence electrons. The number of para-hydroxylation sites is 1. The van der Waals surface area contributed by atoms with Gasteiger partial charge < -0.3 is 14.2 Å². The van der Waals surface area contributed by atoms with Crippen LogP contribution in [0, 0.1) is 10.1 Å². The first-order valence-electron chi connectivity index (χ1n) is 8.82. The standard InChI is InChI=1S/C19H20N2O6S/c1-18(2)15-5-3-4-6-16(15)20(12-28(24,25)26)19(18)10-9-13-11-14(21(22)23)7-8-17(13)27-19/h3-6,9-11H,7-8,12H2,1-2H3,(H,24,25,26)/p-1. The number of benzene rings is 1. The molecule has 0 aromatic heterocycles. The van der Waals surface area contributed by atoms with E-state index in [0.29, 0.717) is 23.4 Å². The van der Waals surface area contributed by atoms with Crippen molar-refractivity contribution in [1.82, 2.24) is 0 Å². The van der Waals surface area contributed by atoms with E-state index in [2.05, 4.69) is 0 Å². The van der Waals surface area contributed by atoms with Crippen molar-refractivity contribution in [3.63, 3.8) is 0 Å². The average molecular weight is 403 g/mol. The Morgan fingerprint density at radius 2 is 1.96 bits per heavy atom. The summed E-state index contributed by atoms with van der Waals surface area (Å²) >= 11 is 0. The number of nitrogens with zero attached hydrogens (tertiary/aromatic N) is 2. The lowest BCUT2D eigenvalue weighted by atomic mass is 9.76. The highest BCUT2D eigenvalue weighted by Gasteiger charge is 2.59. The molecular formula is C19H19N2O6S-. The maximum absolute atomic E-state index is 11.7. The highest BCUT2D eigenvalue weighted by molar-refractivity contribution is 7.85. The lowest BCUT2D eigenvalue weighted by Gasteiger charge is -2.48. The van der Waals surface area contributed by atoms with E-state index in [1.165, 1.54) is 11.0 Å². The van der Waals surface area contributed by atoms with Crippen molar-refractivity contribution in [3.05, 3.63) is 75.2 Å². The van der Waals surface area contributed by atoms with Gasteiger partial charge in [-0.1, -0.05) is 18.2 Å². The van der Waals surface area contributed by atoms with E-state index in [9.17, 15) is 23.1 Å². The monoisotopic (exact) mass is 403 g/mol. The minimum atomic E-state index is -4.58. The summed E-state index contributed by atoms with van der Waals surface area (Å²) in [5.74, 6) is -0.182. The summed E-state index contributed by atoms with van der Waals surface area (Å²) in [5, 5.41) is 11.1. The molecule has 1 aromatic carbocycles. The van der Waals surface area contributed by atoms with Crippen LogP contribution in [0.25, 0.3) is 0 Å². The first kappa shape index (κ1) is 18.7. The summed E-state index contributed by atoms with van der Waals surface area (Å²) in [6.07, 6.45) is 5.46. The number of hydrogen-bond acceptors (Lipinski definition) is 7. The Balaban J connectivity index is 1.84. The van der Waals surface area contributed by atoms with Crippen LogP contribution in [-0.4, -0.2) is 29.5 Å². The molecule has 0 radical (unpaired) electrons. The molecule has 0 bridgehead atoms. The SMILES string of the molecule is CC1(C)c2ccccc2N(CS(=O)(=O)[O-])C12C=CC1=C(CCC([N+](=O)[O-])=C1)O2. The summed E-state index contributed by atoms with van der Waals surface area (Å²) in [4.78, 5) is 12.2. The number of hydrogen-bond donors (Lipinski definition) is 0. The molecule has 1 aliphatic carbocycles. The zero-order chi connectivity index (χ0) is 20.3. The maximum Gasteiger partial charge on any atom is 0.247 e. The summed E-state index contributed by atoms with van der Waals surface area (Å²) in [5.41, 5.74) is 0.308. The van der Waals surface area contributed by atoms with Crippen LogP contribution in [0.2, 0.25) is 0 Å². The molecule has 2 heterocycles. The minimum Gasteiger partial charge on any atom is -0.747 e. The first-order chi connectivity index (χ1) is 13.1. The second-order valence-corrected chi connectivity index (χ2v) is 9.03. The predicted octanol–water partition coefficient (Wildman–Crippen LogP) is 2.78. The Labute approximate surface area is 162 Å². The summed E-state index contributed by atoms with van der Waals surface area (Å²) in [6, 6.07) is 7.29. The van der Waals surface area contributed by atoms with E-state index in [-0.39, 0.29) is 12.1 Å². The Morgan fingerprint density at radius 1 is 1.25 bits per heavy atom. The van der Waals surface area contributed by atoms with E-state index < -0.39 is 32.1 Å². The zero-order valence-corrected chi connectivity index (χ0v) is 16.2. The van der Waals surface area contributed by atoms with E-state index in [1.807, 2.05) is 26.0 Å². The van der Waals surface area contributed by atoms with Gasteiger partial charge in [0.15, 0.2) is 0 Å². The Kier molecular flexibility index (Phi) is 3.95. The highest BCUT2D eigenvalue weighted by atomic mass is 32.2. The normalized spacial score (nSPS) is 25.2. The van der Waals surface area contributed by atoms with Gasteiger partial charge in [0.05, 0.1) is 10.3 Å². The Hall–Kier alpha value is -2.65. The quantitative estimate of drug-likeness (QED) is 0.433. The van der Waals surface area contributed by atoms with Crippen LogP contribution in [-0.2, 0) is 20.3 Å². The zero-order valence-electron chi connectivity index (χ0n) is 15.4. The molecule has 1 atom stereocenters. The fourth-order valence-corrected chi connectivity index (χ4v) is 4.94. The number of anilines is 1. The molecule has 8 nitrogen and oxygen atoms in total. The van der Waals surface area contributed by atoms with Crippen LogP contribution in [0.3, 0.4) is 0 Å². The third-order valence-corrected chi connectivity index (χ3v) is 6.28. The summed E-state index contributed by atoms with van der Waals surface area (Å²) < 4.78 is 41.4. The van der Waals surface area contributed by atoms with Crippen LogP contribution in [0.1, 0.15) is 32.3 Å². The molecule has 28 heavy (non-hydrogen) atoms. The Bertz CT molecular complexity index is 1070. The van der Waals surface area contributed by atoms with Gasteiger partial charge in [0, 0.05) is 30.2 Å². The molecule has 2 aliphatic heterocycles. The van der Waals surface area contributed by atoms with Gasteiger partial charge in [0.1, 0.15) is 21.8 Å². The van der Waals surface area contributed by atoms with Gasteiger partial charge in [-0.2, -0.15) is 0 Å². The highest BCUT2D eigenvalue weighted by Crippen LogP contribution is 2.55. The lowest BCUT2D eigenvalue weighted by molar-refractivity contribution is -0.428. The lowest BCUT2D eigenvalue weighted by Crippen LogP contribution is -2.58. The van der Waals surface area contributed by atoms with Gasteiger partial charge in [-0.15, -0.1) is 0 Å². The molecule has 1 aromatic rings. The molecule has 4 rings (SSSR count). The van der Waals surface area contributed by atoms with Crippen LogP contribution < -0.4 is 4.90 Å². The van der Waals surface area contributed by atoms with Crippen molar-refractivity contribution in [2.24, 2.45) is 0 Å². The Morgan fingerprint density at radius 3 is 2.64 bits per heavy atom. The van der Waals surface area contributed by atoms with E-state index >= 15 is 0 Å². The molecule has 0 saturated heterocycles. The van der Waals surface area contributed by atoms with Crippen molar-refractivity contribution < 1.29 is 22.6 Å². The fourth-order valence-electron chi connectivity index (χ4n) is 4.29. The van der Waals surface area contributed by atoms with Gasteiger partial charge in [-0.05, 0) is 37.6 Å². The van der Waals surface area contributed by atoms with Gasteiger partial charge in [0.25, 0.3) is 0 Å². The number of nitro groups is 1. The van der Waals surface area contributed by atoms with E-state index in [4.69, 9.17) is 4.74 Å². The number of ether oxygens (including phenoxy) is 1. The first-order valence-corrected chi connectivity index (χ1v) is 10.4. The van der Waals surface area contributed by atoms with Crippen molar-refractivity contribution in [2.75, 3.05) is 10.8 Å². The topological polar surface area (TPSA) is 113 Å². The predicted molar refractivity (Wildman–Crippen MR) is 101 cm³/mol. The van der Waals surface area contributed by atoms with Crippen molar-refractivity contribution in [2.45, 2.75) is 37.8 Å². The van der Waals surface area contributed by atoms with E-state index in [1.54, 1.807) is 24.3 Å². The largest absolute Gasteiger partial charge is 0.747 e. The fraction of sp³-hybridized carbons (Fsp3) is 0.368. The second-order valence-electron chi connectivity index (χ2n) is 7.66. The molecule has 3 aliphatic rings. The van der Waals surface area contributed by atoms with Gasteiger partial charge in [0.2, 0.25) is 11.4 Å². The third-order valence-electron chi connectivity index (χ3n) is 5.71. The molecule has 0 fully saturated rings. The summed E-state index contributed by atoms with van der Waals surface area (Å²) in [7, 11) is -4.58. The van der Waals surface area contributed by atoms with E-state index in [0.717, 1.165) is 5.56 Å². The third kappa shape index (κ3) is 2.65.